The van der Waals surface area contributed by atoms with Crippen LogP contribution in [0.3, 0.4) is 0 Å². The van der Waals surface area contributed by atoms with Crippen molar-refractivity contribution in [2.75, 3.05) is 4.90 Å². The van der Waals surface area contributed by atoms with Gasteiger partial charge in [-0.3, -0.25) is 0 Å². The highest BCUT2D eigenvalue weighted by atomic mass is 15.1. The molecule has 240 valence electrons. The largest absolute Gasteiger partial charge is 0.310 e. The second-order valence-electron chi connectivity index (χ2n) is 13.7. The number of nitrogens with zero attached hydrogens (tertiary/aromatic N) is 1. The average molecular weight is 666 g/mol. The minimum Gasteiger partial charge on any atom is -0.310 e. The first kappa shape index (κ1) is 17.2. The summed E-state index contributed by atoms with van der Waals surface area (Å²) in [6.45, 7) is 3.82. The third-order valence-corrected chi connectivity index (χ3v) is 10.9. The standard InChI is InChI=1S/C50H35N/c1-49(2)43-19-9-5-15-37(43)41-27-25-35(30-47(41)49)51(34-24-23-32-13-3-4-14-33(32)29-34)36-26-28-42-40-18-8-12-22-46(40)50(48(42)31-36)44-20-10-6-16-38(44)39-17-7-11-21-45(39)50/h3-31H,1-2H3/i5D,6D,7D,8D,9D,10D,11D,12D,15D,16D,17D,18D,19D,20D,21D,22D. The molecule has 11 rings (SSSR count). The van der Waals surface area contributed by atoms with Gasteiger partial charge < -0.3 is 4.90 Å². The molecule has 0 aromatic heterocycles. The maximum Gasteiger partial charge on any atom is 0.0726 e. The van der Waals surface area contributed by atoms with Crippen LogP contribution >= 0.6 is 0 Å². The van der Waals surface area contributed by atoms with Gasteiger partial charge in [0.2, 0.25) is 0 Å². The van der Waals surface area contributed by atoms with Gasteiger partial charge >= 0.3 is 0 Å². The molecule has 3 aliphatic rings. The summed E-state index contributed by atoms with van der Waals surface area (Å²) in [5, 5.41) is 1.84. The van der Waals surface area contributed by atoms with Crippen LogP contribution in [0.15, 0.2) is 176 Å². The molecule has 3 aliphatic carbocycles. The number of rotatable bonds is 3. The molecule has 0 N–H and O–H groups in total. The van der Waals surface area contributed by atoms with Gasteiger partial charge in [-0.1, -0.05) is 153 Å². The van der Waals surface area contributed by atoms with Gasteiger partial charge in [0.25, 0.3) is 0 Å². The Morgan fingerprint density at radius 2 is 0.824 bits per heavy atom. The minimum atomic E-state index is -2.12. The van der Waals surface area contributed by atoms with Crippen molar-refractivity contribution >= 4 is 27.8 Å². The molecule has 0 heterocycles. The zero-order valence-electron chi connectivity index (χ0n) is 43.5. The molecule has 0 saturated heterocycles. The van der Waals surface area contributed by atoms with E-state index in [0.717, 1.165) is 16.3 Å². The lowest BCUT2D eigenvalue weighted by molar-refractivity contribution is 0.660. The van der Waals surface area contributed by atoms with Gasteiger partial charge in [-0.05, 0) is 114 Å². The van der Waals surface area contributed by atoms with Gasteiger partial charge in [-0.25, -0.2) is 0 Å². The summed E-state index contributed by atoms with van der Waals surface area (Å²) >= 11 is 0. The number of fused-ring (bicyclic) bond motifs is 14. The lowest BCUT2D eigenvalue weighted by atomic mass is 9.70. The molecule has 1 heteroatoms. The summed E-state index contributed by atoms with van der Waals surface area (Å²) < 4.78 is 145. The topological polar surface area (TPSA) is 3.24 Å². The molecule has 1 nitrogen and oxygen atoms in total. The van der Waals surface area contributed by atoms with Crippen LogP contribution in [-0.2, 0) is 10.8 Å². The van der Waals surface area contributed by atoms with Gasteiger partial charge in [-0.15, -0.1) is 0 Å². The Kier molecular flexibility index (Phi) is 3.43. The van der Waals surface area contributed by atoms with Crippen LogP contribution in [0.4, 0.5) is 17.1 Å². The zero-order valence-corrected chi connectivity index (χ0v) is 27.5. The van der Waals surface area contributed by atoms with E-state index in [4.69, 9.17) is 13.7 Å². The maximum atomic E-state index is 9.57. The fourth-order valence-corrected chi connectivity index (χ4v) is 8.62. The molecular formula is C50H35N. The fraction of sp³-hybridized carbons (Fsp3) is 0.0800. The Morgan fingerprint density at radius 3 is 1.43 bits per heavy atom. The molecule has 0 fully saturated rings. The van der Waals surface area contributed by atoms with Gasteiger partial charge in [-0.2, -0.15) is 0 Å². The van der Waals surface area contributed by atoms with Crippen LogP contribution in [-0.4, -0.2) is 0 Å². The first-order valence-electron chi connectivity index (χ1n) is 24.7. The van der Waals surface area contributed by atoms with E-state index in [1.54, 1.807) is 18.2 Å². The predicted molar refractivity (Wildman–Crippen MR) is 212 cm³/mol. The van der Waals surface area contributed by atoms with Gasteiger partial charge in [0.1, 0.15) is 0 Å². The molecule has 0 atom stereocenters. The summed E-state index contributed by atoms with van der Waals surface area (Å²) in [7, 11) is 0. The molecule has 0 unspecified atom stereocenters. The monoisotopic (exact) mass is 665 g/mol. The average Bonchev–Trinajstić information content (AvgIpc) is 3.89. The lowest BCUT2D eigenvalue weighted by Crippen LogP contribution is -2.26. The van der Waals surface area contributed by atoms with Crippen molar-refractivity contribution in [1.29, 1.82) is 0 Å². The molecule has 0 aliphatic heterocycles. The smallest absolute Gasteiger partial charge is 0.0726 e. The van der Waals surface area contributed by atoms with E-state index in [1.165, 1.54) is 0 Å². The fourth-order valence-electron chi connectivity index (χ4n) is 8.62. The Bertz CT molecular complexity index is 3580. The summed E-state index contributed by atoms with van der Waals surface area (Å²) in [6.07, 6.45) is 0. The maximum absolute atomic E-state index is 9.57. The van der Waals surface area contributed by atoms with Crippen LogP contribution in [0, 0.1) is 0 Å². The van der Waals surface area contributed by atoms with Crippen LogP contribution in [0.2, 0.25) is 0 Å². The van der Waals surface area contributed by atoms with E-state index < -0.39 is 83.3 Å². The summed E-state index contributed by atoms with van der Waals surface area (Å²) in [6, 6.07) is 16.5. The number of hydrogen-bond donors (Lipinski definition) is 0. The number of hydrogen-bond acceptors (Lipinski definition) is 1. The second-order valence-corrected chi connectivity index (χ2v) is 13.7. The SMILES string of the molecule is [2H]c1c([2H])c([2H])c2c(c1[2H])-c1ccc(N(c3ccc4c(c3)C3(c5c([2H])c([2H])c([2H])c([2H])c5-4)c4c([2H])c([2H])c([2H])c([2H])c4-c4c([2H])c([2H])c([2H])c([2H])c43)c3ccc4ccccc4c3)cc1C2(C)C. The highest BCUT2D eigenvalue weighted by Crippen LogP contribution is 2.63. The minimum absolute atomic E-state index is 0.0281. The zero-order chi connectivity index (χ0) is 47.8. The first-order chi connectivity index (χ1) is 31.7. The molecule has 8 aromatic carbocycles. The van der Waals surface area contributed by atoms with E-state index in [2.05, 4.69) is 0 Å². The van der Waals surface area contributed by atoms with Crippen molar-refractivity contribution < 1.29 is 21.9 Å². The highest BCUT2D eigenvalue weighted by Gasteiger charge is 2.51. The van der Waals surface area contributed by atoms with Gasteiger partial charge in [0, 0.05) is 22.5 Å². The third kappa shape index (κ3) is 3.71. The Balaban J connectivity index is 1.28. The molecule has 1 spiro atoms. The number of benzene rings is 8. The third-order valence-electron chi connectivity index (χ3n) is 10.9. The number of anilines is 3. The van der Waals surface area contributed by atoms with Crippen LogP contribution in [0.25, 0.3) is 44.2 Å². The lowest BCUT2D eigenvalue weighted by Gasteiger charge is -2.32. The van der Waals surface area contributed by atoms with Gasteiger partial charge in [0.05, 0.1) is 27.3 Å². The van der Waals surface area contributed by atoms with E-state index in [0.29, 0.717) is 33.8 Å². The molecule has 0 radical (unpaired) electrons. The van der Waals surface area contributed by atoms with Crippen LogP contribution in [0.1, 0.15) is 69.2 Å². The van der Waals surface area contributed by atoms with Crippen LogP contribution in [0.5, 0.6) is 0 Å². The molecule has 51 heavy (non-hydrogen) atoms. The first-order valence-corrected chi connectivity index (χ1v) is 16.7. The van der Waals surface area contributed by atoms with Crippen molar-refractivity contribution in [2.24, 2.45) is 0 Å². The van der Waals surface area contributed by atoms with Crippen molar-refractivity contribution in [2.45, 2.75) is 24.7 Å². The second kappa shape index (κ2) is 10.2. The molecule has 0 saturated carbocycles. The quantitative estimate of drug-likeness (QED) is 0.182. The Hall–Kier alpha value is -6.18. The van der Waals surface area contributed by atoms with Crippen molar-refractivity contribution in [3.8, 4) is 33.4 Å². The van der Waals surface area contributed by atoms with E-state index in [-0.39, 0.29) is 68.7 Å². The van der Waals surface area contributed by atoms with E-state index in [9.17, 15) is 8.22 Å². The normalized spacial score (nSPS) is 19.2. The van der Waals surface area contributed by atoms with E-state index in [1.807, 2.05) is 79.4 Å². The van der Waals surface area contributed by atoms with Gasteiger partial charge in [0.15, 0.2) is 0 Å². The van der Waals surface area contributed by atoms with Crippen molar-refractivity contribution in [3.63, 3.8) is 0 Å². The Morgan fingerprint density at radius 1 is 0.392 bits per heavy atom. The van der Waals surface area contributed by atoms with Crippen molar-refractivity contribution in [3.05, 3.63) is 209 Å². The molecule has 0 bridgehead atoms. The predicted octanol–water partition coefficient (Wildman–Crippen LogP) is 13.0. The Labute approximate surface area is 321 Å². The van der Waals surface area contributed by atoms with Crippen molar-refractivity contribution in [1.82, 2.24) is 0 Å². The summed E-state index contributed by atoms with van der Waals surface area (Å²) in [4.78, 5) is 1.93. The molecule has 8 aromatic rings. The summed E-state index contributed by atoms with van der Waals surface area (Å²) in [5.41, 5.74) is 0.662. The molecular weight excluding hydrogens is 615 g/mol. The van der Waals surface area contributed by atoms with E-state index >= 15 is 0 Å². The summed E-state index contributed by atoms with van der Waals surface area (Å²) in [5.74, 6) is 0. The highest BCUT2D eigenvalue weighted by molar-refractivity contribution is 5.97. The molecule has 0 amide bonds. The van der Waals surface area contributed by atoms with Crippen LogP contribution < -0.4 is 4.90 Å².